The van der Waals surface area contributed by atoms with E-state index >= 15 is 0 Å². The first-order valence-electron chi connectivity index (χ1n) is 6.13. The third-order valence-electron chi connectivity index (χ3n) is 2.79. The van der Waals surface area contributed by atoms with Crippen molar-refractivity contribution in [2.45, 2.75) is 34.1 Å². The van der Waals surface area contributed by atoms with Crippen molar-refractivity contribution < 1.29 is 9.59 Å². The molecule has 4 heteroatoms. The minimum Gasteiger partial charge on any atom is -0.344 e. The van der Waals surface area contributed by atoms with Gasteiger partial charge in [0.25, 0.3) is 0 Å². The van der Waals surface area contributed by atoms with Crippen molar-refractivity contribution in [2.75, 3.05) is 27.2 Å². The lowest BCUT2D eigenvalue weighted by molar-refractivity contribution is -0.137. The third kappa shape index (κ3) is 5.82. The van der Waals surface area contributed by atoms with Gasteiger partial charge in [0.2, 0.25) is 5.91 Å². The fourth-order valence-electron chi connectivity index (χ4n) is 1.65. The van der Waals surface area contributed by atoms with E-state index in [0.717, 1.165) is 6.54 Å². The molecule has 0 saturated carbocycles. The summed E-state index contributed by atoms with van der Waals surface area (Å²) in [4.78, 5) is 25.5. The van der Waals surface area contributed by atoms with E-state index < -0.39 is 0 Å². The molecule has 0 bridgehead atoms. The van der Waals surface area contributed by atoms with Crippen LogP contribution < -0.4 is 5.32 Å². The fraction of sp³-hybridized carbons (Fsp3) is 0.846. The van der Waals surface area contributed by atoms with Gasteiger partial charge in [0.1, 0.15) is 5.78 Å². The van der Waals surface area contributed by atoms with Crippen LogP contribution in [0.3, 0.4) is 0 Å². The number of amides is 1. The summed E-state index contributed by atoms with van der Waals surface area (Å²) in [5.74, 6) is -0.0299. The van der Waals surface area contributed by atoms with Crippen molar-refractivity contribution in [3.05, 3.63) is 0 Å². The van der Waals surface area contributed by atoms with Crippen molar-refractivity contribution in [1.29, 1.82) is 0 Å². The second-order valence-corrected chi connectivity index (χ2v) is 5.64. The van der Waals surface area contributed by atoms with E-state index in [0.29, 0.717) is 13.0 Å². The maximum absolute atomic E-state index is 12.0. The average Bonchev–Trinajstić information content (AvgIpc) is 2.23. The highest BCUT2D eigenvalue weighted by atomic mass is 16.2. The van der Waals surface area contributed by atoms with Crippen molar-refractivity contribution in [2.24, 2.45) is 11.3 Å². The molecule has 0 rings (SSSR count). The summed E-state index contributed by atoms with van der Waals surface area (Å²) in [6.45, 7) is 8.94. The Bertz CT molecular complexity index is 269. The van der Waals surface area contributed by atoms with E-state index in [1.54, 1.807) is 11.9 Å². The Balaban J connectivity index is 4.25. The Hall–Kier alpha value is -0.900. The van der Waals surface area contributed by atoms with Crippen molar-refractivity contribution in [3.8, 4) is 0 Å². The molecular weight excluding hydrogens is 216 g/mol. The molecule has 17 heavy (non-hydrogen) atoms. The number of Topliss-reactive ketones (excluding diaryl/α,β-unsaturated/α-hetero) is 1. The number of likely N-dealkylation sites (N-methyl/N-ethyl adjacent to an activating group) is 2. The summed E-state index contributed by atoms with van der Waals surface area (Å²) in [7, 11) is 3.62. The molecule has 0 fully saturated rings. The number of hydrogen-bond acceptors (Lipinski definition) is 3. The standard InChI is InChI=1S/C13H26N2O2/c1-10(12(17)13(2,3)4)9-11(16)15(6)8-7-14-5/h10,14H,7-9H2,1-6H3. The SMILES string of the molecule is CNCCN(C)C(=O)CC(C)C(=O)C(C)(C)C. The van der Waals surface area contributed by atoms with E-state index in [-0.39, 0.29) is 23.0 Å². The van der Waals surface area contributed by atoms with Crippen LogP contribution in [-0.4, -0.2) is 43.8 Å². The van der Waals surface area contributed by atoms with Gasteiger partial charge in [-0.3, -0.25) is 9.59 Å². The molecular formula is C13H26N2O2. The van der Waals surface area contributed by atoms with Crippen LogP contribution in [0, 0.1) is 11.3 Å². The van der Waals surface area contributed by atoms with Crippen LogP contribution >= 0.6 is 0 Å². The van der Waals surface area contributed by atoms with Crippen molar-refractivity contribution in [3.63, 3.8) is 0 Å². The highest BCUT2D eigenvalue weighted by molar-refractivity contribution is 5.89. The molecule has 0 radical (unpaired) electrons. The summed E-state index contributed by atoms with van der Waals surface area (Å²) in [5.41, 5.74) is -0.372. The fourth-order valence-corrected chi connectivity index (χ4v) is 1.65. The molecule has 0 aliphatic heterocycles. The van der Waals surface area contributed by atoms with Gasteiger partial charge in [-0.25, -0.2) is 0 Å². The molecule has 4 nitrogen and oxygen atoms in total. The van der Waals surface area contributed by atoms with Gasteiger partial charge in [-0.2, -0.15) is 0 Å². The number of nitrogens with zero attached hydrogens (tertiary/aromatic N) is 1. The first kappa shape index (κ1) is 16.1. The second-order valence-electron chi connectivity index (χ2n) is 5.64. The molecule has 0 spiro atoms. The molecule has 0 aliphatic rings. The molecule has 0 aromatic heterocycles. The molecule has 0 aromatic rings. The third-order valence-corrected chi connectivity index (χ3v) is 2.79. The van der Waals surface area contributed by atoms with E-state index in [2.05, 4.69) is 5.32 Å². The van der Waals surface area contributed by atoms with Crippen LogP contribution in [-0.2, 0) is 9.59 Å². The first-order valence-corrected chi connectivity index (χ1v) is 6.13. The van der Waals surface area contributed by atoms with Crippen LogP contribution in [0.25, 0.3) is 0 Å². The number of nitrogens with one attached hydrogen (secondary N) is 1. The van der Waals surface area contributed by atoms with Crippen molar-refractivity contribution >= 4 is 11.7 Å². The van der Waals surface area contributed by atoms with Gasteiger partial charge in [0, 0.05) is 37.9 Å². The van der Waals surface area contributed by atoms with Crippen LogP contribution in [0.4, 0.5) is 0 Å². The van der Waals surface area contributed by atoms with Gasteiger partial charge in [-0.05, 0) is 7.05 Å². The van der Waals surface area contributed by atoms with E-state index in [1.165, 1.54) is 0 Å². The Morgan fingerprint density at radius 2 is 1.82 bits per heavy atom. The zero-order chi connectivity index (χ0) is 13.6. The normalized spacial score (nSPS) is 13.3. The highest BCUT2D eigenvalue weighted by Gasteiger charge is 2.28. The lowest BCUT2D eigenvalue weighted by Crippen LogP contribution is -2.36. The first-order chi connectivity index (χ1) is 7.70. The van der Waals surface area contributed by atoms with Gasteiger partial charge in [0.15, 0.2) is 0 Å². The van der Waals surface area contributed by atoms with Crippen LogP contribution in [0.15, 0.2) is 0 Å². The summed E-state index contributed by atoms with van der Waals surface area (Å²) in [5, 5.41) is 2.99. The maximum Gasteiger partial charge on any atom is 0.223 e. The van der Waals surface area contributed by atoms with E-state index in [4.69, 9.17) is 0 Å². The van der Waals surface area contributed by atoms with Gasteiger partial charge in [-0.1, -0.05) is 27.7 Å². The minimum atomic E-state index is -0.372. The number of hydrogen-bond donors (Lipinski definition) is 1. The summed E-state index contributed by atoms with van der Waals surface area (Å²) in [6.07, 6.45) is 0.302. The summed E-state index contributed by atoms with van der Waals surface area (Å²) < 4.78 is 0. The quantitative estimate of drug-likeness (QED) is 0.764. The maximum atomic E-state index is 12.0. The Kier molecular flexibility index (Phi) is 6.39. The molecule has 1 atom stereocenters. The zero-order valence-corrected chi connectivity index (χ0v) is 12.0. The average molecular weight is 242 g/mol. The number of carbonyl (C=O) groups is 2. The Morgan fingerprint density at radius 3 is 2.24 bits per heavy atom. The van der Waals surface area contributed by atoms with Gasteiger partial charge in [-0.15, -0.1) is 0 Å². The Labute approximate surface area is 105 Å². The van der Waals surface area contributed by atoms with Crippen LogP contribution in [0.1, 0.15) is 34.1 Å². The molecule has 0 heterocycles. The monoisotopic (exact) mass is 242 g/mol. The smallest absolute Gasteiger partial charge is 0.223 e. The molecule has 1 N–H and O–H groups in total. The molecule has 0 aromatic carbocycles. The zero-order valence-electron chi connectivity index (χ0n) is 12.0. The molecule has 0 aliphatic carbocycles. The van der Waals surface area contributed by atoms with E-state index in [9.17, 15) is 9.59 Å². The Morgan fingerprint density at radius 1 is 1.29 bits per heavy atom. The highest BCUT2D eigenvalue weighted by Crippen LogP contribution is 2.22. The molecule has 1 amide bonds. The second kappa shape index (κ2) is 6.74. The van der Waals surface area contributed by atoms with Gasteiger partial charge in [0.05, 0.1) is 0 Å². The number of rotatable bonds is 6. The summed E-state index contributed by atoms with van der Waals surface area (Å²) >= 11 is 0. The van der Waals surface area contributed by atoms with Crippen molar-refractivity contribution in [1.82, 2.24) is 10.2 Å². The topological polar surface area (TPSA) is 49.4 Å². The predicted octanol–water partition coefficient (Wildman–Crippen LogP) is 1.31. The van der Waals surface area contributed by atoms with Crippen LogP contribution in [0.5, 0.6) is 0 Å². The van der Waals surface area contributed by atoms with Crippen LogP contribution in [0.2, 0.25) is 0 Å². The number of ketones is 1. The van der Waals surface area contributed by atoms with Gasteiger partial charge >= 0.3 is 0 Å². The largest absolute Gasteiger partial charge is 0.344 e. The van der Waals surface area contributed by atoms with Gasteiger partial charge < -0.3 is 10.2 Å². The molecule has 0 saturated heterocycles. The summed E-state index contributed by atoms with van der Waals surface area (Å²) in [6, 6.07) is 0. The lowest BCUT2D eigenvalue weighted by atomic mass is 9.82. The minimum absolute atomic E-state index is 0.0327. The van der Waals surface area contributed by atoms with E-state index in [1.807, 2.05) is 34.7 Å². The molecule has 100 valence electrons. The molecule has 1 unspecified atom stereocenters. The predicted molar refractivity (Wildman–Crippen MR) is 69.8 cm³/mol. The number of carbonyl (C=O) groups excluding carboxylic acids is 2. The lowest BCUT2D eigenvalue weighted by Gasteiger charge is -2.23.